The molecule has 0 radical (unpaired) electrons. The number of ether oxygens (including phenoxy) is 1. The van der Waals surface area contributed by atoms with Crippen molar-refractivity contribution in [2.24, 2.45) is 5.92 Å². The number of carbonyl (C=O) groups is 2. The van der Waals surface area contributed by atoms with Crippen LogP contribution in [0.2, 0.25) is 0 Å². The molecule has 1 saturated heterocycles. The van der Waals surface area contributed by atoms with E-state index in [-0.39, 0.29) is 12.3 Å². The average molecular weight is 413 g/mol. The molecule has 0 saturated carbocycles. The Balaban J connectivity index is 1.83. The van der Waals surface area contributed by atoms with E-state index < -0.39 is 5.97 Å². The van der Waals surface area contributed by atoms with Gasteiger partial charge in [-0.2, -0.15) is 5.10 Å². The van der Waals surface area contributed by atoms with Crippen LogP contribution in [0, 0.1) is 19.8 Å². The van der Waals surface area contributed by atoms with Crippen LogP contribution in [0.5, 0.6) is 0 Å². The van der Waals surface area contributed by atoms with Crippen LogP contribution in [0.25, 0.3) is 0 Å². The summed E-state index contributed by atoms with van der Waals surface area (Å²) in [4.78, 5) is 27.2. The zero-order valence-electron chi connectivity index (χ0n) is 18.6. The van der Waals surface area contributed by atoms with Gasteiger partial charge in [-0.3, -0.25) is 9.48 Å². The van der Waals surface area contributed by atoms with Crippen LogP contribution in [0.3, 0.4) is 0 Å². The van der Waals surface area contributed by atoms with E-state index in [9.17, 15) is 9.59 Å². The molecule has 162 valence electrons. The van der Waals surface area contributed by atoms with Gasteiger partial charge in [0.2, 0.25) is 5.91 Å². The summed E-state index contributed by atoms with van der Waals surface area (Å²) in [7, 11) is 1.36. The second-order valence-corrected chi connectivity index (χ2v) is 8.37. The fourth-order valence-corrected chi connectivity index (χ4v) is 3.98. The molecule has 3 rings (SSSR count). The van der Waals surface area contributed by atoms with Gasteiger partial charge in [0.1, 0.15) is 0 Å². The van der Waals surface area contributed by atoms with Gasteiger partial charge in [-0.05, 0) is 50.8 Å². The van der Waals surface area contributed by atoms with E-state index >= 15 is 0 Å². The van der Waals surface area contributed by atoms with Crippen molar-refractivity contribution in [3.05, 3.63) is 40.7 Å². The Hall–Kier alpha value is -2.83. The van der Waals surface area contributed by atoms with Gasteiger partial charge < -0.3 is 15.0 Å². The van der Waals surface area contributed by atoms with Crippen LogP contribution in [-0.2, 0) is 22.5 Å². The highest BCUT2D eigenvalue weighted by Crippen LogP contribution is 2.30. The molecule has 1 aliphatic heterocycles. The maximum absolute atomic E-state index is 13.0. The highest BCUT2D eigenvalue weighted by atomic mass is 16.5. The number of carbonyl (C=O) groups excluding carboxylic acids is 2. The summed E-state index contributed by atoms with van der Waals surface area (Å²) >= 11 is 0. The fourth-order valence-electron chi connectivity index (χ4n) is 3.98. The van der Waals surface area contributed by atoms with Crippen molar-refractivity contribution in [1.82, 2.24) is 9.78 Å². The Labute approximate surface area is 178 Å². The molecule has 1 N–H and O–H groups in total. The fraction of sp³-hybridized carbons (Fsp3) is 0.522. The number of nitrogens with one attached hydrogen (secondary N) is 1. The first-order valence-corrected chi connectivity index (χ1v) is 10.6. The van der Waals surface area contributed by atoms with E-state index in [0.717, 1.165) is 55.1 Å². The quantitative estimate of drug-likeness (QED) is 0.702. The molecule has 1 aliphatic rings. The van der Waals surface area contributed by atoms with Gasteiger partial charge in [0, 0.05) is 30.9 Å². The van der Waals surface area contributed by atoms with Crippen molar-refractivity contribution >= 4 is 23.3 Å². The minimum Gasteiger partial charge on any atom is -0.465 e. The number of benzene rings is 1. The van der Waals surface area contributed by atoms with Gasteiger partial charge in [-0.1, -0.05) is 13.8 Å². The first-order valence-electron chi connectivity index (χ1n) is 10.6. The monoisotopic (exact) mass is 412 g/mol. The second kappa shape index (κ2) is 9.32. The van der Waals surface area contributed by atoms with Crippen LogP contribution < -0.4 is 10.2 Å². The predicted molar refractivity (Wildman–Crippen MR) is 118 cm³/mol. The summed E-state index contributed by atoms with van der Waals surface area (Å²) in [5, 5.41) is 7.64. The van der Waals surface area contributed by atoms with Gasteiger partial charge in [-0.15, -0.1) is 0 Å². The van der Waals surface area contributed by atoms with Gasteiger partial charge in [0.15, 0.2) is 0 Å². The Morgan fingerprint density at radius 3 is 2.53 bits per heavy atom. The van der Waals surface area contributed by atoms with Crippen molar-refractivity contribution < 1.29 is 14.3 Å². The molecule has 1 fully saturated rings. The summed E-state index contributed by atoms with van der Waals surface area (Å²) in [6, 6.07) is 5.35. The normalized spacial score (nSPS) is 13.7. The van der Waals surface area contributed by atoms with Gasteiger partial charge in [-0.25, -0.2) is 4.79 Å². The lowest BCUT2D eigenvalue weighted by molar-refractivity contribution is -0.115. The van der Waals surface area contributed by atoms with E-state index in [1.165, 1.54) is 7.11 Å². The van der Waals surface area contributed by atoms with Crippen LogP contribution in [0.15, 0.2) is 18.2 Å². The molecular weight excluding hydrogens is 380 g/mol. The molecule has 0 aliphatic carbocycles. The van der Waals surface area contributed by atoms with Crippen LogP contribution in [-0.4, -0.2) is 41.9 Å². The molecule has 7 nitrogen and oxygen atoms in total. The summed E-state index contributed by atoms with van der Waals surface area (Å²) in [6.07, 6.45) is 2.50. The maximum Gasteiger partial charge on any atom is 0.337 e. The number of methoxy groups -OCH3 is 1. The number of aromatic nitrogens is 2. The number of rotatable bonds is 7. The molecule has 2 heterocycles. The van der Waals surface area contributed by atoms with Crippen molar-refractivity contribution in [3.8, 4) is 0 Å². The van der Waals surface area contributed by atoms with Crippen molar-refractivity contribution in [1.29, 1.82) is 0 Å². The third-order valence-corrected chi connectivity index (χ3v) is 5.55. The smallest absolute Gasteiger partial charge is 0.337 e. The molecule has 2 aromatic rings. The lowest BCUT2D eigenvalue weighted by atomic mass is 10.1. The van der Waals surface area contributed by atoms with Crippen LogP contribution >= 0.6 is 0 Å². The minimum atomic E-state index is -0.417. The molecule has 1 amide bonds. The average Bonchev–Trinajstić information content (AvgIpc) is 3.32. The summed E-state index contributed by atoms with van der Waals surface area (Å²) < 4.78 is 6.83. The number of nitrogens with zero attached hydrogens (tertiary/aromatic N) is 3. The van der Waals surface area contributed by atoms with Gasteiger partial charge in [0.25, 0.3) is 0 Å². The number of aryl methyl sites for hydroxylation is 1. The molecule has 0 bridgehead atoms. The second-order valence-electron chi connectivity index (χ2n) is 8.37. The van der Waals surface area contributed by atoms with E-state index in [1.54, 1.807) is 12.1 Å². The highest BCUT2D eigenvalue weighted by Gasteiger charge is 2.21. The number of esters is 1. The molecular formula is C23H32N4O3. The maximum atomic E-state index is 13.0. The van der Waals surface area contributed by atoms with Crippen molar-refractivity contribution in [2.45, 2.75) is 53.5 Å². The third kappa shape index (κ3) is 4.83. The van der Waals surface area contributed by atoms with E-state index in [1.807, 2.05) is 24.6 Å². The van der Waals surface area contributed by atoms with E-state index in [4.69, 9.17) is 4.74 Å². The summed E-state index contributed by atoms with van der Waals surface area (Å²) in [5.41, 5.74) is 4.88. The minimum absolute atomic E-state index is 0.118. The molecule has 1 aromatic heterocycles. The van der Waals surface area contributed by atoms with E-state index in [0.29, 0.717) is 17.2 Å². The van der Waals surface area contributed by atoms with Crippen molar-refractivity contribution in [3.63, 3.8) is 0 Å². The van der Waals surface area contributed by atoms with E-state index in [2.05, 4.69) is 29.2 Å². The molecule has 1 aromatic carbocycles. The molecule has 0 unspecified atom stereocenters. The highest BCUT2D eigenvalue weighted by molar-refractivity contribution is 5.99. The molecule has 0 atom stereocenters. The lowest BCUT2D eigenvalue weighted by Gasteiger charge is -2.22. The molecule has 0 spiro atoms. The topological polar surface area (TPSA) is 76.5 Å². The molecule has 7 heteroatoms. The van der Waals surface area contributed by atoms with Gasteiger partial charge in [0.05, 0.1) is 36.2 Å². The largest absolute Gasteiger partial charge is 0.465 e. The van der Waals surface area contributed by atoms with Crippen LogP contribution in [0.1, 0.15) is 54.0 Å². The van der Waals surface area contributed by atoms with Crippen molar-refractivity contribution in [2.75, 3.05) is 30.4 Å². The molecule has 30 heavy (non-hydrogen) atoms. The first-order chi connectivity index (χ1) is 14.3. The Kier molecular flexibility index (Phi) is 6.80. The Morgan fingerprint density at radius 2 is 1.90 bits per heavy atom. The third-order valence-electron chi connectivity index (χ3n) is 5.55. The summed E-state index contributed by atoms with van der Waals surface area (Å²) in [6.45, 7) is 11.0. The zero-order valence-corrected chi connectivity index (χ0v) is 18.6. The lowest BCUT2D eigenvalue weighted by Crippen LogP contribution is -2.22. The number of hydrogen-bond donors (Lipinski definition) is 1. The number of anilines is 2. The zero-order chi connectivity index (χ0) is 21.8. The standard InChI is InChI=1S/C23H32N4O3/c1-15(2)14-27-17(4)19(16(3)25-27)13-22(28)24-20-12-18(23(29)30-5)8-9-21(20)26-10-6-7-11-26/h8-9,12,15H,6-7,10-11,13-14H2,1-5H3,(H,24,28). The predicted octanol–water partition coefficient (Wildman–Crippen LogP) is 3.72. The Bertz CT molecular complexity index is 927. The van der Waals surface area contributed by atoms with Gasteiger partial charge >= 0.3 is 5.97 Å². The number of hydrogen-bond acceptors (Lipinski definition) is 5. The van der Waals surface area contributed by atoms with Crippen LogP contribution in [0.4, 0.5) is 11.4 Å². The Morgan fingerprint density at radius 1 is 1.20 bits per heavy atom. The summed E-state index contributed by atoms with van der Waals surface area (Å²) in [5.74, 6) is -0.0540. The SMILES string of the molecule is COC(=O)c1ccc(N2CCCC2)c(NC(=O)Cc2c(C)nn(CC(C)C)c2C)c1. The number of amides is 1. The first kappa shape index (κ1) is 21.9.